The van der Waals surface area contributed by atoms with E-state index in [0.29, 0.717) is 18.3 Å². The molecule has 2 saturated heterocycles. The number of thiazole rings is 1. The van der Waals surface area contributed by atoms with Crippen molar-refractivity contribution in [1.82, 2.24) is 20.1 Å². The molecule has 160 valence electrons. The van der Waals surface area contributed by atoms with Gasteiger partial charge in [0.15, 0.2) is 0 Å². The van der Waals surface area contributed by atoms with Crippen LogP contribution in [0, 0.1) is 0 Å². The largest absolute Gasteiger partial charge is 0.494 e. The monoisotopic (exact) mass is 458 g/mol. The first kappa shape index (κ1) is 23.9. The van der Waals surface area contributed by atoms with Crippen molar-refractivity contribution >= 4 is 42.1 Å². The first-order chi connectivity index (χ1) is 13.2. The number of carbonyl (C=O) groups is 1. The van der Waals surface area contributed by atoms with Gasteiger partial charge in [-0.1, -0.05) is 0 Å². The van der Waals surface area contributed by atoms with Crippen LogP contribution in [-0.4, -0.2) is 72.6 Å². The predicted molar refractivity (Wildman–Crippen MR) is 122 cm³/mol. The van der Waals surface area contributed by atoms with Crippen molar-refractivity contribution < 1.29 is 9.53 Å². The number of halogens is 2. The average molecular weight is 459 g/mol. The number of hydrogen-bond acceptors (Lipinski definition) is 6. The highest BCUT2D eigenvalue weighted by molar-refractivity contribution is 7.13. The van der Waals surface area contributed by atoms with Crippen molar-refractivity contribution in [2.45, 2.75) is 19.4 Å². The Bertz CT molecular complexity index is 781. The molecule has 2 aliphatic heterocycles. The standard InChI is InChI=1S/C20H26N4O2S.2ClH/c1-2-26-17-5-3-15(4-6-17)19-22-18(14-27-19)20(25)24-10-7-16(13-24)23-11-8-21-9-12-23;;/h3-6,14,16,21H,2,7-13H2,1H3;2*1H. The summed E-state index contributed by atoms with van der Waals surface area (Å²) in [5.41, 5.74) is 1.58. The van der Waals surface area contributed by atoms with Crippen LogP contribution < -0.4 is 10.1 Å². The molecule has 1 N–H and O–H groups in total. The third-order valence-electron chi connectivity index (χ3n) is 5.25. The average Bonchev–Trinajstić information content (AvgIpc) is 3.39. The lowest BCUT2D eigenvalue weighted by atomic mass is 10.2. The minimum Gasteiger partial charge on any atom is -0.494 e. The number of rotatable bonds is 5. The molecule has 0 radical (unpaired) electrons. The van der Waals surface area contributed by atoms with Crippen LogP contribution in [0.5, 0.6) is 5.75 Å². The van der Waals surface area contributed by atoms with E-state index in [1.807, 2.05) is 41.5 Å². The van der Waals surface area contributed by atoms with E-state index >= 15 is 0 Å². The maximum Gasteiger partial charge on any atom is 0.273 e. The minimum absolute atomic E-state index is 0. The van der Waals surface area contributed by atoms with Crippen LogP contribution in [0.15, 0.2) is 29.6 Å². The van der Waals surface area contributed by atoms with Gasteiger partial charge < -0.3 is 15.0 Å². The van der Waals surface area contributed by atoms with E-state index in [-0.39, 0.29) is 30.7 Å². The van der Waals surface area contributed by atoms with Gasteiger partial charge in [0, 0.05) is 56.3 Å². The summed E-state index contributed by atoms with van der Waals surface area (Å²) in [6, 6.07) is 8.36. The summed E-state index contributed by atoms with van der Waals surface area (Å²) in [6.45, 7) is 8.50. The van der Waals surface area contributed by atoms with Gasteiger partial charge in [0.25, 0.3) is 5.91 Å². The van der Waals surface area contributed by atoms with Crippen molar-refractivity contribution in [3.8, 4) is 16.3 Å². The molecule has 0 bridgehead atoms. The Morgan fingerprint density at radius 2 is 1.93 bits per heavy atom. The molecule has 0 spiro atoms. The lowest BCUT2D eigenvalue weighted by molar-refractivity contribution is 0.0768. The minimum atomic E-state index is 0. The van der Waals surface area contributed by atoms with Crippen molar-refractivity contribution in [2.75, 3.05) is 45.9 Å². The Balaban J connectivity index is 0.00000150. The molecule has 29 heavy (non-hydrogen) atoms. The van der Waals surface area contributed by atoms with Crippen LogP contribution in [0.25, 0.3) is 10.6 Å². The Labute approximate surface area is 188 Å². The third-order valence-corrected chi connectivity index (χ3v) is 6.15. The topological polar surface area (TPSA) is 57.7 Å². The second-order valence-electron chi connectivity index (χ2n) is 6.97. The fraction of sp³-hybridized carbons (Fsp3) is 0.500. The number of piperazine rings is 1. The van der Waals surface area contributed by atoms with Crippen LogP contribution in [-0.2, 0) is 0 Å². The van der Waals surface area contributed by atoms with Crippen LogP contribution in [0.2, 0.25) is 0 Å². The highest BCUT2D eigenvalue weighted by Gasteiger charge is 2.32. The van der Waals surface area contributed by atoms with Crippen LogP contribution in [0.4, 0.5) is 0 Å². The number of nitrogens with one attached hydrogen (secondary N) is 1. The zero-order chi connectivity index (χ0) is 18.6. The summed E-state index contributed by atoms with van der Waals surface area (Å²) in [4.78, 5) is 22.0. The molecule has 9 heteroatoms. The SMILES string of the molecule is CCOc1ccc(-c2nc(C(=O)N3CCC(N4CCNCC4)C3)cs2)cc1.Cl.Cl. The number of ether oxygens (including phenoxy) is 1. The Hall–Kier alpha value is -1.38. The maximum absolute atomic E-state index is 12.9. The van der Waals surface area contributed by atoms with Crippen LogP contribution in [0.1, 0.15) is 23.8 Å². The summed E-state index contributed by atoms with van der Waals surface area (Å²) >= 11 is 1.52. The van der Waals surface area contributed by atoms with Crippen LogP contribution >= 0.6 is 36.2 Å². The van der Waals surface area contributed by atoms with E-state index in [9.17, 15) is 4.79 Å². The summed E-state index contributed by atoms with van der Waals surface area (Å²) in [7, 11) is 0. The van der Waals surface area contributed by atoms with Gasteiger partial charge in [-0.25, -0.2) is 4.98 Å². The van der Waals surface area contributed by atoms with Crippen molar-refractivity contribution in [1.29, 1.82) is 0 Å². The van der Waals surface area contributed by atoms with Gasteiger partial charge in [0.2, 0.25) is 0 Å². The number of carbonyl (C=O) groups excluding carboxylic acids is 1. The van der Waals surface area contributed by atoms with Gasteiger partial charge in [0.05, 0.1) is 6.61 Å². The maximum atomic E-state index is 12.9. The second kappa shape index (κ2) is 11.1. The lowest BCUT2D eigenvalue weighted by Crippen LogP contribution is -2.49. The molecule has 1 atom stereocenters. The molecule has 4 rings (SSSR count). The smallest absolute Gasteiger partial charge is 0.273 e. The molecule has 1 unspecified atom stereocenters. The third kappa shape index (κ3) is 5.61. The van der Waals surface area contributed by atoms with Crippen molar-refractivity contribution in [3.63, 3.8) is 0 Å². The van der Waals surface area contributed by atoms with Gasteiger partial charge in [-0.05, 0) is 37.6 Å². The van der Waals surface area contributed by atoms with Gasteiger partial charge in [-0.2, -0.15) is 0 Å². The summed E-state index contributed by atoms with van der Waals surface area (Å²) in [5.74, 6) is 0.909. The number of aromatic nitrogens is 1. The van der Waals surface area contributed by atoms with Crippen molar-refractivity contribution in [2.24, 2.45) is 0 Å². The molecule has 0 aliphatic carbocycles. The quantitative estimate of drug-likeness (QED) is 0.745. The first-order valence-electron chi connectivity index (χ1n) is 9.67. The number of nitrogens with zero attached hydrogens (tertiary/aromatic N) is 3. The highest BCUT2D eigenvalue weighted by atomic mass is 35.5. The Morgan fingerprint density at radius 1 is 1.21 bits per heavy atom. The molecule has 1 aromatic heterocycles. The van der Waals surface area contributed by atoms with E-state index in [0.717, 1.165) is 62.0 Å². The lowest BCUT2D eigenvalue weighted by Gasteiger charge is -2.32. The molecule has 3 heterocycles. The first-order valence-corrected chi connectivity index (χ1v) is 10.6. The number of hydrogen-bond donors (Lipinski definition) is 1. The summed E-state index contributed by atoms with van der Waals surface area (Å²) in [5, 5.41) is 6.14. The summed E-state index contributed by atoms with van der Waals surface area (Å²) < 4.78 is 5.48. The normalized spacial score (nSPS) is 19.3. The molecule has 1 aromatic carbocycles. The van der Waals surface area contributed by atoms with Gasteiger partial charge >= 0.3 is 0 Å². The summed E-state index contributed by atoms with van der Waals surface area (Å²) in [6.07, 6.45) is 1.06. The van der Waals surface area contributed by atoms with E-state index in [1.54, 1.807) is 0 Å². The molecule has 0 saturated carbocycles. The molecular weight excluding hydrogens is 431 g/mol. The van der Waals surface area contributed by atoms with Crippen LogP contribution in [0.3, 0.4) is 0 Å². The molecule has 6 nitrogen and oxygen atoms in total. The zero-order valence-corrected chi connectivity index (χ0v) is 19.0. The van der Waals surface area contributed by atoms with Gasteiger partial charge in [-0.3, -0.25) is 9.69 Å². The molecular formula is C20H28Cl2N4O2S. The molecule has 2 aromatic rings. The van der Waals surface area contributed by atoms with Crippen molar-refractivity contribution in [3.05, 3.63) is 35.3 Å². The van der Waals surface area contributed by atoms with E-state index < -0.39 is 0 Å². The molecule has 1 amide bonds. The zero-order valence-electron chi connectivity index (χ0n) is 16.5. The van der Waals surface area contributed by atoms with E-state index in [1.165, 1.54) is 11.3 Å². The fourth-order valence-electron chi connectivity index (χ4n) is 3.80. The predicted octanol–water partition coefficient (Wildman–Crippen LogP) is 3.17. The van der Waals surface area contributed by atoms with E-state index in [4.69, 9.17) is 4.74 Å². The number of benzene rings is 1. The van der Waals surface area contributed by atoms with Gasteiger partial charge in [-0.15, -0.1) is 36.2 Å². The second-order valence-corrected chi connectivity index (χ2v) is 7.83. The fourth-order valence-corrected chi connectivity index (χ4v) is 4.60. The molecule has 2 fully saturated rings. The molecule has 2 aliphatic rings. The van der Waals surface area contributed by atoms with Gasteiger partial charge in [0.1, 0.15) is 16.5 Å². The number of amides is 1. The Morgan fingerprint density at radius 3 is 2.62 bits per heavy atom. The Kier molecular flexibility index (Phi) is 9.17. The number of likely N-dealkylation sites (tertiary alicyclic amines) is 1. The highest BCUT2D eigenvalue weighted by Crippen LogP contribution is 2.27. The van der Waals surface area contributed by atoms with E-state index in [2.05, 4.69) is 15.2 Å².